The fourth-order valence-electron chi connectivity index (χ4n) is 12.3. The molecule has 2 atom stereocenters. The van der Waals surface area contributed by atoms with Crippen LogP contribution in [0.5, 0.6) is 46.0 Å². The van der Waals surface area contributed by atoms with Crippen molar-refractivity contribution in [3.05, 3.63) is 336 Å². The highest BCUT2D eigenvalue weighted by Gasteiger charge is 2.28. The van der Waals surface area contributed by atoms with Crippen molar-refractivity contribution in [3.63, 3.8) is 0 Å². The molecule has 0 fully saturated rings. The number of hydrogen-bond donors (Lipinski definition) is 9. The van der Waals surface area contributed by atoms with E-state index >= 15 is 0 Å². The second kappa shape index (κ2) is 47.5. The lowest BCUT2D eigenvalue weighted by molar-refractivity contribution is 0.0950. The number of carbonyl (C=O) groups excluding carboxylic acids is 8. The molecule has 9 N–H and O–H groups in total. The highest BCUT2D eigenvalue weighted by Crippen LogP contribution is 2.41. The lowest BCUT2D eigenvalue weighted by Gasteiger charge is -2.09. The molecule has 0 aliphatic rings. The van der Waals surface area contributed by atoms with E-state index in [4.69, 9.17) is 18.9 Å². The van der Waals surface area contributed by atoms with Gasteiger partial charge in [0.2, 0.25) is 14.2 Å². The molecule has 44 heteroatoms. The number of halogens is 4. The van der Waals surface area contributed by atoms with Gasteiger partial charge >= 0.3 is 0 Å². The molecule has 142 heavy (non-hydrogen) atoms. The smallest absolute Gasteiger partial charge is 0.275 e. The predicted molar refractivity (Wildman–Crippen MR) is 547 cm³/mol. The lowest BCUT2D eigenvalue weighted by atomic mass is 10.1. The largest absolute Gasteiger partial charge is 0.457 e. The molecule has 0 saturated carbocycles. The Morgan fingerprint density at radius 2 is 0.613 bits per heavy atom. The molecule has 8 amide bonds. The van der Waals surface area contributed by atoms with Crippen LogP contribution in [0.2, 0.25) is 0 Å². The molecule has 16 rings (SSSR count). The molecule has 0 bridgehead atoms. The van der Waals surface area contributed by atoms with Crippen LogP contribution in [0, 0.1) is 23.3 Å². The molecule has 8 aromatic carbocycles. The van der Waals surface area contributed by atoms with Crippen molar-refractivity contribution >= 4 is 174 Å². The van der Waals surface area contributed by atoms with Gasteiger partial charge in [0.25, 0.3) is 47.3 Å². The quantitative estimate of drug-likeness (QED) is 0.0119. The fraction of sp³-hybridized carbons (Fsp3) is 0.0816. The van der Waals surface area contributed by atoms with Crippen LogP contribution < -0.4 is 66.2 Å². The van der Waals surface area contributed by atoms with E-state index in [0.717, 1.165) is 43.2 Å². The number of ether oxygens (including phenoxy) is 4. The minimum absolute atomic E-state index is 0.0848. The summed E-state index contributed by atoms with van der Waals surface area (Å²) in [5, 5.41) is 21.4. The monoisotopic (exact) mass is 2070 g/mol. The van der Waals surface area contributed by atoms with Crippen molar-refractivity contribution < 1.29 is 87.5 Å². The highest BCUT2D eigenvalue weighted by molar-refractivity contribution is 8.14. The Balaban J connectivity index is 0.000000159. The van der Waals surface area contributed by atoms with Crippen LogP contribution in [0.4, 0.5) is 45.4 Å². The number of pyridine rings is 4. The van der Waals surface area contributed by atoms with E-state index in [0.29, 0.717) is 105 Å². The third kappa shape index (κ3) is 28.4. The first-order chi connectivity index (χ1) is 68.0. The third-order valence-corrected chi connectivity index (χ3v) is 28.3. The average Bonchev–Trinajstić information content (AvgIpc) is 1.65. The number of benzene rings is 8. The second-order valence-electron chi connectivity index (χ2n) is 29.6. The number of amides is 8. The predicted octanol–water partition coefficient (Wildman–Crippen LogP) is 19.5. The number of nitrogens with one attached hydrogen (secondary N) is 9. The van der Waals surface area contributed by atoms with Gasteiger partial charge in [0.1, 0.15) is 119 Å². The Morgan fingerprint density at radius 1 is 0.345 bits per heavy atom. The average molecular weight is 2070 g/mol. The van der Waals surface area contributed by atoms with Crippen LogP contribution in [-0.2, 0) is 19.5 Å². The van der Waals surface area contributed by atoms with Crippen LogP contribution in [0.3, 0.4) is 0 Å². The van der Waals surface area contributed by atoms with Crippen molar-refractivity contribution in [1.82, 2.24) is 61.1 Å². The number of anilines is 5. The molecule has 2 unspecified atom stereocenters. The van der Waals surface area contributed by atoms with E-state index < -0.39 is 43.0 Å². The maximum absolute atomic E-state index is 13.4. The van der Waals surface area contributed by atoms with E-state index in [1.54, 1.807) is 146 Å². The molecule has 8 aromatic heterocycles. The van der Waals surface area contributed by atoms with Crippen LogP contribution in [0.25, 0.3) is 41.8 Å². The first-order valence-electron chi connectivity index (χ1n) is 41.5. The van der Waals surface area contributed by atoms with Gasteiger partial charge in [-0.05, 0) is 210 Å². The van der Waals surface area contributed by atoms with Crippen molar-refractivity contribution in [2.24, 2.45) is 0 Å². The highest BCUT2D eigenvalue weighted by atomic mass is 32.2. The van der Waals surface area contributed by atoms with Gasteiger partial charge in [-0.2, -0.15) is 0 Å². The number of nitrogens with zero attached hydrogens (tertiary/aromatic N) is 8. The summed E-state index contributed by atoms with van der Waals surface area (Å²) in [5.41, 5.74) is 5.91. The number of rotatable bonds is 29. The van der Waals surface area contributed by atoms with Gasteiger partial charge in [-0.3, -0.25) is 63.0 Å². The molecule has 0 saturated heterocycles. The molecule has 0 radical (unpaired) electrons. The van der Waals surface area contributed by atoms with Gasteiger partial charge in [-0.25, -0.2) is 50.1 Å². The van der Waals surface area contributed by atoms with Crippen molar-refractivity contribution in [1.29, 1.82) is 0 Å². The van der Waals surface area contributed by atoms with Crippen molar-refractivity contribution in [2.75, 3.05) is 79.2 Å². The van der Waals surface area contributed by atoms with E-state index in [-0.39, 0.29) is 113 Å². The topological polar surface area (TPSA) is 436 Å². The summed E-state index contributed by atoms with van der Waals surface area (Å²) >= 11 is 6.15. The van der Waals surface area contributed by atoms with Gasteiger partial charge in [-0.15, -0.1) is 44.5 Å². The van der Waals surface area contributed by atoms with Gasteiger partial charge in [0, 0.05) is 122 Å². The first-order valence-corrected chi connectivity index (χ1v) is 51.8. The summed E-state index contributed by atoms with van der Waals surface area (Å²) in [6.45, 7) is 0. The van der Waals surface area contributed by atoms with E-state index in [1.807, 2.05) is 12.5 Å². The maximum Gasteiger partial charge on any atom is 0.275 e. The summed E-state index contributed by atoms with van der Waals surface area (Å²) in [5.74, 6) is 6.54. The number of thiazole rings is 4. The zero-order valence-electron chi connectivity index (χ0n) is 75.8. The van der Waals surface area contributed by atoms with E-state index in [1.165, 1.54) is 191 Å². The molecule has 16 aromatic rings. The molecular formula is C98H81F4N17O15S8. The number of sulfone groups is 1. The van der Waals surface area contributed by atoms with Gasteiger partial charge < -0.3 is 61.5 Å². The van der Waals surface area contributed by atoms with Crippen molar-refractivity contribution in [2.45, 2.75) is 13.0 Å². The van der Waals surface area contributed by atoms with Crippen molar-refractivity contribution in [3.8, 4) is 87.8 Å². The molecule has 32 nitrogen and oxygen atoms in total. The van der Waals surface area contributed by atoms with Gasteiger partial charge in [0.15, 0.2) is 9.47 Å². The Hall–Kier alpha value is -16.1. The molecule has 8 heterocycles. The second-order valence-corrected chi connectivity index (χ2v) is 40.9. The van der Waals surface area contributed by atoms with Gasteiger partial charge in [-0.1, -0.05) is 77.5 Å². The summed E-state index contributed by atoms with van der Waals surface area (Å²) in [4.78, 5) is 135. The molecule has 0 aliphatic carbocycles. The van der Waals surface area contributed by atoms with Crippen LogP contribution in [0.1, 0.15) is 83.9 Å². The number of thioether (sulfide) groups is 1. The molecule has 0 spiro atoms. The Kier molecular flexibility index (Phi) is 34.6. The Morgan fingerprint density at radius 3 is 0.887 bits per heavy atom. The number of aromatic nitrogens is 8. The number of carbonyl (C=O) groups is 8. The molecule has 724 valence electrons. The van der Waals surface area contributed by atoms with E-state index in [9.17, 15) is 68.5 Å². The SMILES string of the molecule is C=S(C)(=O)Nc1nc(C(=O)Nc2ccc(Oc3ccnc(C(=O)NC)c3)cc2)c(-c2ccc(F)cc2)s1.C=S(C)c1nc(C(=O)Nc2ccc(Oc3ccnc(C(=O)NC)c3)cc2)c(-c2ccc(F)cc2)s1.CNC(=O)c1cc(Oc2ccc(NC(=O)c3nc(S(C)(=O)=O)sc3-c3ccc(F)cc3)cc2)ccn1.CNC(=O)c1cc(Oc2ccc(NC(=O)c3nc(SC)sc3-c3ccc(F)cc3)cc2)ccn1. The summed E-state index contributed by atoms with van der Waals surface area (Å²) < 4.78 is 117. The number of hydrogen-bond acceptors (Lipinski definition) is 28. The molecular weight excluding hydrogens is 1990 g/mol. The normalized spacial score (nSPS) is 11.4. The van der Waals surface area contributed by atoms with Crippen LogP contribution >= 0.6 is 67.6 Å². The van der Waals surface area contributed by atoms with E-state index in [2.05, 4.69) is 98.9 Å². The summed E-state index contributed by atoms with van der Waals surface area (Å²) in [7, 11) is -0.604. The minimum atomic E-state index is -3.67. The van der Waals surface area contributed by atoms with Gasteiger partial charge in [0.05, 0.1) is 19.5 Å². The van der Waals surface area contributed by atoms with Crippen LogP contribution in [0.15, 0.2) is 280 Å². The molecule has 0 aliphatic heterocycles. The van der Waals surface area contributed by atoms with Crippen LogP contribution in [-0.4, -0.2) is 165 Å². The summed E-state index contributed by atoms with van der Waals surface area (Å²) in [6, 6.07) is 62.1. The Bertz CT molecular complexity index is 7610. The lowest BCUT2D eigenvalue weighted by Crippen LogP contribution is -2.18. The zero-order valence-corrected chi connectivity index (χ0v) is 82.3. The first kappa shape index (κ1) is 103. The zero-order chi connectivity index (χ0) is 101. The standard InChI is InChI=1S/C25H22FN5O4S2.C25H21FN4O3S2.C24H19FN4O5S2.C24H19FN4O3S2/c1-27-23(32)20-14-19(12-13-28-20)35-18-10-8-17(9-11-18)29-24(33)21-22(15-4-6-16(26)7-5-15)36-25(30-21)31-37(2,3)34;1-27-23(31)20-14-19(12-13-28-20)33-18-10-8-17(9-11-18)29-24(32)21-22(34-25(30-21)35(2)3)15-4-6-16(26)7-5-15;1-26-22(30)19-13-18(11-12-27-19)34-17-9-7-16(8-10-17)28-23(31)20-21(14-3-5-15(25)6-4-14)35-24(29-20)36(2,32)33;1-26-22(30)19-13-18(11-12-27-19)32-17-9-7-16(8-10-17)28-23(31)20-21(34-24(29-20)33-2)14-3-5-15(25)6-4-14/h4-14H,2H2,1,3H3,(H,27,32)(H,29,33)(H,30,31,34);4-14H,2H2,1,3H3,(H,27,31)(H,29,32);3-13H,1-2H3,(H,26,30)(H,28,31);3-13H,1-2H3,(H,26,30)(H,28,31). The third-order valence-electron chi connectivity index (χ3n) is 19.0. The summed E-state index contributed by atoms with van der Waals surface area (Å²) in [6.07, 6.45) is 12.1. The fourth-order valence-corrected chi connectivity index (χ4v) is 19.6. The maximum atomic E-state index is 13.4. The Labute approximate surface area is 832 Å². The minimum Gasteiger partial charge on any atom is -0.457 e.